The SMILES string of the molecule is CC1CC1C(NC(=O)c1cn(-c2ccc(F)cc2)nn1)c1ccccc1. The first-order valence-corrected chi connectivity index (χ1v) is 8.66. The molecule has 0 bridgehead atoms. The van der Waals surface area contributed by atoms with Crippen molar-refractivity contribution >= 4 is 5.91 Å². The number of carbonyl (C=O) groups is 1. The minimum absolute atomic E-state index is 0.0327. The molecule has 3 unspecified atom stereocenters. The average molecular weight is 350 g/mol. The fourth-order valence-electron chi connectivity index (χ4n) is 3.22. The van der Waals surface area contributed by atoms with Gasteiger partial charge in [0.15, 0.2) is 5.69 Å². The summed E-state index contributed by atoms with van der Waals surface area (Å²) in [5.74, 6) is 0.450. The largest absolute Gasteiger partial charge is 0.343 e. The van der Waals surface area contributed by atoms with Gasteiger partial charge in [0, 0.05) is 0 Å². The van der Waals surface area contributed by atoms with Crippen molar-refractivity contribution in [2.45, 2.75) is 19.4 Å². The maximum atomic E-state index is 13.0. The van der Waals surface area contributed by atoms with Crippen molar-refractivity contribution < 1.29 is 9.18 Å². The Morgan fingerprint density at radius 2 is 1.88 bits per heavy atom. The Morgan fingerprint density at radius 1 is 1.19 bits per heavy atom. The van der Waals surface area contributed by atoms with Crippen LogP contribution in [0.1, 0.15) is 35.4 Å². The fraction of sp³-hybridized carbons (Fsp3) is 0.250. The second-order valence-corrected chi connectivity index (χ2v) is 6.76. The van der Waals surface area contributed by atoms with Gasteiger partial charge in [-0.3, -0.25) is 4.79 Å². The molecule has 3 aromatic rings. The third-order valence-corrected chi connectivity index (χ3v) is 4.86. The lowest BCUT2D eigenvalue weighted by Crippen LogP contribution is -2.30. The van der Waals surface area contributed by atoms with Crippen LogP contribution in [0, 0.1) is 17.7 Å². The zero-order valence-electron chi connectivity index (χ0n) is 14.3. The van der Waals surface area contributed by atoms with Crippen molar-refractivity contribution in [3.63, 3.8) is 0 Å². The number of amides is 1. The van der Waals surface area contributed by atoms with Crippen LogP contribution in [0.15, 0.2) is 60.8 Å². The second kappa shape index (κ2) is 6.71. The highest BCUT2D eigenvalue weighted by Gasteiger charge is 2.41. The van der Waals surface area contributed by atoms with Gasteiger partial charge in [-0.2, -0.15) is 0 Å². The van der Waals surface area contributed by atoms with Crippen molar-refractivity contribution in [1.82, 2.24) is 20.3 Å². The molecule has 2 aromatic carbocycles. The van der Waals surface area contributed by atoms with E-state index in [0.29, 0.717) is 17.5 Å². The van der Waals surface area contributed by atoms with Crippen LogP contribution in [0.4, 0.5) is 4.39 Å². The van der Waals surface area contributed by atoms with Gasteiger partial charge in [0.1, 0.15) is 5.82 Å². The highest BCUT2D eigenvalue weighted by molar-refractivity contribution is 5.92. The molecule has 4 rings (SSSR count). The number of carbonyl (C=O) groups excluding carboxylic acids is 1. The molecule has 1 aliphatic rings. The third-order valence-electron chi connectivity index (χ3n) is 4.86. The molecule has 132 valence electrons. The highest BCUT2D eigenvalue weighted by Crippen LogP contribution is 2.46. The number of aromatic nitrogens is 3. The first kappa shape index (κ1) is 16.4. The maximum Gasteiger partial charge on any atom is 0.273 e. The number of hydrogen-bond acceptors (Lipinski definition) is 3. The van der Waals surface area contributed by atoms with E-state index in [4.69, 9.17) is 0 Å². The zero-order chi connectivity index (χ0) is 18.1. The molecule has 5 nitrogen and oxygen atoms in total. The quantitative estimate of drug-likeness (QED) is 0.766. The molecule has 1 aliphatic carbocycles. The van der Waals surface area contributed by atoms with Crippen LogP contribution in [0.3, 0.4) is 0 Å². The summed E-state index contributed by atoms with van der Waals surface area (Å²) in [5, 5.41) is 11.0. The predicted molar refractivity (Wildman–Crippen MR) is 95.2 cm³/mol. The maximum absolute atomic E-state index is 13.0. The van der Waals surface area contributed by atoms with Crippen LogP contribution in [0.25, 0.3) is 5.69 Å². The van der Waals surface area contributed by atoms with E-state index >= 15 is 0 Å². The number of halogens is 1. The molecule has 0 aliphatic heterocycles. The molecule has 1 N–H and O–H groups in total. The first-order valence-electron chi connectivity index (χ1n) is 8.66. The number of hydrogen-bond donors (Lipinski definition) is 1. The van der Waals surface area contributed by atoms with Gasteiger partial charge in [0.25, 0.3) is 5.91 Å². The Hall–Kier alpha value is -3.02. The lowest BCUT2D eigenvalue weighted by molar-refractivity contribution is 0.0925. The Labute approximate surface area is 150 Å². The van der Waals surface area contributed by atoms with Gasteiger partial charge >= 0.3 is 0 Å². The monoisotopic (exact) mass is 350 g/mol. The van der Waals surface area contributed by atoms with Crippen LogP contribution >= 0.6 is 0 Å². The van der Waals surface area contributed by atoms with Gasteiger partial charge in [-0.25, -0.2) is 9.07 Å². The van der Waals surface area contributed by atoms with E-state index in [1.165, 1.54) is 16.8 Å². The van der Waals surface area contributed by atoms with E-state index in [0.717, 1.165) is 12.0 Å². The Bertz CT molecular complexity index is 907. The minimum Gasteiger partial charge on any atom is -0.343 e. The third kappa shape index (κ3) is 3.35. The fourth-order valence-corrected chi connectivity index (χ4v) is 3.22. The van der Waals surface area contributed by atoms with Gasteiger partial charge in [0.05, 0.1) is 17.9 Å². The summed E-state index contributed by atoms with van der Waals surface area (Å²) in [6, 6.07) is 15.8. The number of nitrogens with zero attached hydrogens (tertiary/aromatic N) is 3. The standard InChI is InChI=1S/C20H19FN4O/c1-13-11-17(13)19(14-5-3-2-4-6-14)22-20(26)18-12-25(24-23-18)16-9-7-15(21)8-10-16/h2-10,12-13,17,19H,11H2,1H3,(H,22,26). The highest BCUT2D eigenvalue weighted by atomic mass is 19.1. The van der Waals surface area contributed by atoms with Crippen LogP contribution < -0.4 is 5.32 Å². The Balaban J connectivity index is 1.53. The molecule has 0 radical (unpaired) electrons. The molecule has 0 spiro atoms. The Kier molecular flexibility index (Phi) is 4.24. The van der Waals surface area contributed by atoms with Gasteiger partial charge in [-0.15, -0.1) is 5.10 Å². The molecular weight excluding hydrogens is 331 g/mol. The molecule has 1 heterocycles. The zero-order valence-corrected chi connectivity index (χ0v) is 14.3. The normalized spacial score (nSPS) is 19.8. The molecule has 6 heteroatoms. The first-order chi connectivity index (χ1) is 12.6. The summed E-state index contributed by atoms with van der Waals surface area (Å²) in [7, 11) is 0. The van der Waals surface area contributed by atoms with E-state index in [9.17, 15) is 9.18 Å². The molecular formula is C20H19FN4O. The van der Waals surface area contributed by atoms with Crippen molar-refractivity contribution in [3.8, 4) is 5.69 Å². The smallest absolute Gasteiger partial charge is 0.273 e. The molecule has 1 saturated carbocycles. The van der Waals surface area contributed by atoms with E-state index < -0.39 is 0 Å². The van der Waals surface area contributed by atoms with Crippen molar-refractivity contribution in [2.75, 3.05) is 0 Å². The van der Waals surface area contributed by atoms with Gasteiger partial charge in [-0.05, 0) is 48.1 Å². The summed E-state index contributed by atoms with van der Waals surface area (Å²) < 4.78 is 14.5. The van der Waals surface area contributed by atoms with Crippen molar-refractivity contribution in [3.05, 3.63) is 77.9 Å². The molecule has 0 saturated heterocycles. The molecule has 1 amide bonds. The Morgan fingerprint density at radius 3 is 2.54 bits per heavy atom. The van der Waals surface area contributed by atoms with E-state index in [1.54, 1.807) is 18.3 Å². The van der Waals surface area contributed by atoms with Crippen LogP contribution in [-0.4, -0.2) is 20.9 Å². The molecule has 3 atom stereocenters. The van der Waals surface area contributed by atoms with Gasteiger partial charge in [0.2, 0.25) is 0 Å². The van der Waals surface area contributed by atoms with Crippen LogP contribution in [0.2, 0.25) is 0 Å². The topological polar surface area (TPSA) is 59.8 Å². The summed E-state index contributed by atoms with van der Waals surface area (Å²) in [6.45, 7) is 2.19. The van der Waals surface area contributed by atoms with Crippen molar-refractivity contribution in [1.29, 1.82) is 0 Å². The summed E-state index contributed by atoms with van der Waals surface area (Å²) in [5.41, 5.74) is 1.98. The summed E-state index contributed by atoms with van der Waals surface area (Å²) in [6.07, 6.45) is 2.66. The average Bonchev–Trinajstić information content (AvgIpc) is 3.18. The molecule has 1 fully saturated rings. The van der Waals surface area contributed by atoms with Crippen LogP contribution in [-0.2, 0) is 0 Å². The minimum atomic E-state index is -0.323. The lowest BCUT2D eigenvalue weighted by atomic mass is 10.0. The number of nitrogens with one attached hydrogen (secondary N) is 1. The molecule has 1 aromatic heterocycles. The summed E-state index contributed by atoms with van der Waals surface area (Å²) in [4.78, 5) is 12.7. The number of rotatable bonds is 5. The molecule has 26 heavy (non-hydrogen) atoms. The van der Waals surface area contributed by atoms with E-state index in [1.807, 2.05) is 30.3 Å². The van der Waals surface area contributed by atoms with Crippen LogP contribution in [0.5, 0.6) is 0 Å². The van der Waals surface area contributed by atoms with Gasteiger partial charge in [-0.1, -0.05) is 42.5 Å². The van der Waals surface area contributed by atoms with E-state index in [-0.39, 0.29) is 23.5 Å². The predicted octanol–water partition coefficient (Wildman–Crippen LogP) is 3.53. The van der Waals surface area contributed by atoms with E-state index in [2.05, 4.69) is 22.6 Å². The number of benzene rings is 2. The lowest BCUT2D eigenvalue weighted by Gasteiger charge is -2.18. The van der Waals surface area contributed by atoms with Crippen molar-refractivity contribution in [2.24, 2.45) is 11.8 Å². The second-order valence-electron chi connectivity index (χ2n) is 6.76. The van der Waals surface area contributed by atoms with Gasteiger partial charge < -0.3 is 5.32 Å². The summed E-state index contributed by atoms with van der Waals surface area (Å²) >= 11 is 0.